The highest BCUT2D eigenvalue weighted by Crippen LogP contribution is 2.23. The van der Waals surface area contributed by atoms with Gasteiger partial charge in [0.15, 0.2) is 0 Å². The molecule has 0 unspecified atom stereocenters. The lowest BCUT2D eigenvalue weighted by molar-refractivity contribution is 0.0363. The minimum absolute atomic E-state index is 0.00544. The van der Waals surface area contributed by atoms with Crippen molar-refractivity contribution in [3.63, 3.8) is 0 Å². The van der Waals surface area contributed by atoms with E-state index in [4.69, 9.17) is 5.11 Å². The molecule has 2 atom stereocenters. The van der Waals surface area contributed by atoms with Crippen LogP contribution in [0.1, 0.15) is 18.5 Å². The lowest BCUT2D eigenvalue weighted by atomic mass is 10.1. The number of hydrogen-bond acceptors (Lipinski definition) is 4. The monoisotopic (exact) mass is 265 g/mol. The number of aromatic nitrogens is 1. The number of aliphatic hydroxyl groups excluding tert-OH is 1. The molecule has 1 saturated heterocycles. The molecule has 2 rings (SSSR count). The number of piperazine rings is 1. The van der Waals surface area contributed by atoms with Crippen LogP contribution in [0.5, 0.6) is 0 Å². The Morgan fingerprint density at radius 1 is 1.58 bits per heavy atom. The first-order valence-corrected chi connectivity index (χ1v) is 6.38. The van der Waals surface area contributed by atoms with E-state index in [1.54, 1.807) is 12.4 Å². The molecular formula is C13H19N3O3. The summed E-state index contributed by atoms with van der Waals surface area (Å²) in [6.07, 6.45) is 2.56. The third-order valence-corrected chi connectivity index (χ3v) is 3.59. The van der Waals surface area contributed by atoms with Crippen LogP contribution in [-0.2, 0) is 0 Å². The molecular weight excluding hydrogens is 246 g/mol. The van der Waals surface area contributed by atoms with Crippen molar-refractivity contribution in [2.75, 3.05) is 26.2 Å². The number of carbonyl (C=O) groups is 1. The van der Waals surface area contributed by atoms with E-state index in [0.717, 1.165) is 5.56 Å². The van der Waals surface area contributed by atoms with Crippen LogP contribution in [0.4, 0.5) is 4.79 Å². The van der Waals surface area contributed by atoms with Gasteiger partial charge in [-0.3, -0.25) is 9.88 Å². The summed E-state index contributed by atoms with van der Waals surface area (Å²) in [5, 5.41) is 18.6. The highest BCUT2D eigenvalue weighted by molar-refractivity contribution is 5.65. The lowest BCUT2D eigenvalue weighted by Crippen LogP contribution is -2.54. The van der Waals surface area contributed by atoms with E-state index in [1.165, 1.54) is 4.90 Å². The zero-order valence-electron chi connectivity index (χ0n) is 10.9. The minimum atomic E-state index is -0.880. The number of aliphatic hydroxyl groups is 1. The summed E-state index contributed by atoms with van der Waals surface area (Å²) >= 11 is 0. The highest BCUT2D eigenvalue weighted by atomic mass is 16.4. The molecule has 6 heteroatoms. The summed E-state index contributed by atoms with van der Waals surface area (Å²) in [4.78, 5) is 18.6. The molecule has 0 saturated carbocycles. The summed E-state index contributed by atoms with van der Waals surface area (Å²) in [5.74, 6) is 0. The fourth-order valence-corrected chi connectivity index (χ4v) is 2.56. The maximum Gasteiger partial charge on any atom is 0.407 e. The van der Waals surface area contributed by atoms with Gasteiger partial charge in [-0.1, -0.05) is 6.07 Å². The van der Waals surface area contributed by atoms with E-state index in [-0.39, 0.29) is 18.7 Å². The maximum atomic E-state index is 11.0. The van der Waals surface area contributed by atoms with Gasteiger partial charge < -0.3 is 15.1 Å². The topological polar surface area (TPSA) is 76.9 Å². The van der Waals surface area contributed by atoms with Crippen molar-refractivity contribution in [1.29, 1.82) is 0 Å². The molecule has 2 heterocycles. The van der Waals surface area contributed by atoms with Gasteiger partial charge in [0.2, 0.25) is 0 Å². The normalized spacial score (nSPS) is 22.2. The van der Waals surface area contributed by atoms with Crippen LogP contribution < -0.4 is 0 Å². The predicted molar refractivity (Wildman–Crippen MR) is 69.8 cm³/mol. The van der Waals surface area contributed by atoms with Crippen molar-refractivity contribution in [3.05, 3.63) is 30.1 Å². The van der Waals surface area contributed by atoms with E-state index in [9.17, 15) is 9.90 Å². The smallest absolute Gasteiger partial charge is 0.407 e. The number of rotatable bonds is 3. The molecule has 0 aromatic carbocycles. The second kappa shape index (κ2) is 5.99. The fourth-order valence-electron chi connectivity index (χ4n) is 2.56. The first-order chi connectivity index (χ1) is 9.13. The van der Waals surface area contributed by atoms with Gasteiger partial charge in [0.05, 0.1) is 12.6 Å². The highest BCUT2D eigenvalue weighted by Gasteiger charge is 2.31. The Bertz CT molecular complexity index is 426. The molecule has 6 nitrogen and oxygen atoms in total. The Hall–Kier alpha value is -1.66. The van der Waals surface area contributed by atoms with Gasteiger partial charge in [0.25, 0.3) is 0 Å². The number of pyridine rings is 1. The first-order valence-electron chi connectivity index (χ1n) is 6.38. The van der Waals surface area contributed by atoms with E-state index in [1.807, 2.05) is 19.1 Å². The van der Waals surface area contributed by atoms with Crippen molar-refractivity contribution in [3.8, 4) is 0 Å². The Labute approximate surface area is 112 Å². The molecule has 1 aliphatic heterocycles. The maximum absolute atomic E-state index is 11.0. The molecule has 0 aliphatic carbocycles. The van der Waals surface area contributed by atoms with Crippen molar-refractivity contribution < 1.29 is 15.0 Å². The van der Waals surface area contributed by atoms with Crippen LogP contribution in [0.15, 0.2) is 24.5 Å². The predicted octanol–water partition coefficient (Wildman–Crippen LogP) is 0.799. The van der Waals surface area contributed by atoms with Crippen molar-refractivity contribution in [2.24, 2.45) is 0 Å². The zero-order chi connectivity index (χ0) is 13.8. The molecule has 1 fully saturated rings. The Morgan fingerprint density at radius 3 is 2.89 bits per heavy atom. The second-order valence-corrected chi connectivity index (χ2v) is 4.80. The second-order valence-electron chi connectivity index (χ2n) is 4.80. The number of amides is 1. The Morgan fingerprint density at radius 2 is 2.37 bits per heavy atom. The zero-order valence-corrected chi connectivity index (χ0v) is 10.9. The molecule has 0 spiro atoms. The number of nitrogens with zero attached hydrogens (tertiary/aromatic N) is 3. The van der Waals surface area contributed by atoms with Gasteiger partial charge in [-0.2, -0.15) is 0 Å². The van der Waals surface area contributed by atoms with Crippen LogP contribution in [-0.4, -0.2) is 63.4 Å². The minimum Gasteiger partial charge on any atom is -0.465 e. The van der Waals surface area contributed by atoms with Gasteiger partial charge in [-0.15, -0.1) is 0 Å². The van der Waals surface area contributed by atoms with Crippen LogP contribution in [0.25, 0.3) is 0 Å². The fraction of sp³-hybridized carbons (Fsp3) is 0.538. The van der Waals surface area contributed by atoms with Crippen LogP contribution in [0, 0.1) is 0 Å². The van der Waals surface area contributed by atoms with Gasteiger partial charge >= 0.3 is 6.09 Å². The van der Waals surface area contributed by atoms with Gasteiger partial charge in [0.1, 0.15) is 0 Å². The number of hydrogen-bond donors (Lipinski definition) is 2. The summed E-state index contributed by atoms with van der Waals surface area (Å²) in [6, 6.07) is 3.58. The Kier molecular flexibility index (Phi) is 4.34. The largest absolute Gasteiger partial charge is 0.465 e. The van der Waals surface area contributed by atoms with E-state index < -0.39 is 6.09 Å². The standard InChI is InChI=1S/C13H19N3O3/c1-10-8-15(5-6-16(10)13(18)19)12(9-17)11-3-2-4-14-7-11/h2-4,7,10,12,17H,5-6,8-9H2,1H3,(H,18,19)/t10-,12-/m1/s1. The van der Waals surface area contributed by atoms with Crippen LogP contribution in [0.3, 0.4) is 0 Å². The summed E-state index contributed by atoms with van der Waals surface area (Å²) < 4.78 is 0. The third kappa shape index (κ3) is 3.02. The molecule has 1 aromatic heterocycles. The van der Waals surface area contributed by atoms with Crippen molar-refractivity contribution >= 4 is 6.09 Å². The first kappa shape index (κ1) is 13.8. The number of carboxylic acid groups (broad SMARTS) is 1. The van der Waals surface area contributed by atoms with Gasteiger partial charge in [0, 0.05) is 38.1 Å². The molecule has 104 valence electrons. The van der Waals surface area contributed by atoms with Crippen molar-refractivity contribution in [2.45, 2.75) is 19.0 Å². The molecule has 2 N–H and O–H groups in total. The van der Waals surface area contributed by atoms with Crippen molar-refractivity contribution in [1.82, 2.24) is 14.8 Å². The van der Waals surface area contributed by atoms with E-state index >= 15 is 0 Å². The molecule has 1 aliphatic rings. The Balaban J connectivity index is 2.08. The molecule has 19 heavy (non-hydrogen) atoms. The molecule has 0 radical (unpaired) electrons. The van der Waals surface area contributed by atoms with E-state index in [2.05, 4.69) is 9.88 Å². The summed E-state index contributed by atoms with van der Waals surface area (Å²) in [7, 11) is 0. The SMILES string of the molecule is C[C@@H]1CN([C@H](CO)c2cccnc2)CCN1C(=O)O. The quantitative estimate of drug-likeness (QED) is 0.845. The third-order valence-electron chi connectivity index (χ3n) is 3.59. The molecule has 1 amide bonds. The summed E-state index contributed by atoms with van der Waals surface area (Å²) in [5.41, 5.74) is 0.959. The average Bonchev–Trinajstić information content (AvgIpc) is 2.40. The summed E-state index contributed by atoms with van der Waals surface area (Å²) in [6.45, 7) is 3.60. The molecule has 0 bridgehead atoms. The lowest BCUT2D eigenvalue weighted by Gasteiger charge is -2.41. The van der Waals surface area contributed by atoms with Crippen LogP contribution >= 0.6 is 0 Å². The van der Waals surface area contributed by atoms with Gasteiger partial charge in [-0.25, -0.2) is 4.79 Å². The van der Waals surface area contributed by atoms with Gasteiger partial charge in [-0.05, 0) is 18.6 Å². The van der Waals surface area contributed by atoms with Crippen LogP contribution in [0.2, 0.25) is 0 Å². The van der Waals surface area contributed by atoms with E-state index in [0.29, 0.717) is 19.6 Å². The average molecular weight is 265 g/mol. The molecule has 1 aromatic rings.